The number of para-hydroxylation sites is 2. The number of aryl methyl sites for hydroxylation is 1. The van der Waals surface area contributed by atoms with Crippen molar-refractivity contribution in [3.8, 4) is 16.3 Å². The first kappa shape index (κ1) is 23.4. The van der Waals surface area contributed by atoms with E-state index < -0.39 is 22.5 Å². The Morgan fingerprint density at radius 2 is 1.65 bits per heavy atom. The van der Waals surface area contributed by atoms with Crippen LogP contribution in [0.15, 0.2) is 83.8 Å². The van der Waals surface area contributed by atoms with E-state index in [2.05, 4.69) is 15.5 Å². The third-order valence-corrected chi connectivity index (χ3v) is 7.60. The van der Waals surface area contributed by atoms with Gasteiger partial charge in [0.05, 0.1) is 17.7 Å². The lowest BCUT2D eigenvalue weighted by Crippen LogP contribution is -2.38. The number of hydrogen-bond acceptors (Lipinski definition) is 7. The van der Waals surface area contributed by atoms with E-state index in [1.165, 1.54) is 30.6 Å². The van der Waals surface area contributed by atoms with E-state index in [9.17, 15) is 13.2 Å². The van der Waals surface area contributed by atoms with E-state index in [1.807, 2.05) is 31.2 Å². The van der Waals surface area contributed by atoms with Crippen LogP contribution in [-0.4, -0.2) is 38.2 Å². The predicted octanol–water partition coefficient (Wildman–Crippen LogP) is 4.36. The van der Waals surface area contributed by atoms with E-state index in [4.69, 9.17) is 4.74 Å². The van der Waals surface area contributed by atoms with E-state index in [0.717, 1.165) is 15.4 Å². The molecule has 0 fully saturated rings. The molecular formula is C24H22N4O4S2. The molecule has 0 spiro atoms. The number of nitrogens with zero attached hydrogens (tertiary/aromatic N) is 3. The van der Waals surface area contributed by atoms with Crippen LogP contribution in [0.1, 0.15) is 5.56 Å². The van der Waals surface area contributed by atoms with Gasteiger partial charge < -0.3 is 4.74 Å². The molecule has 0 bridgehead atoms. The first-order chi connectivity index (χ1) is 16.4. The Morgan fingerprint density at radius 3 is 2.35 bits per heavy atom. The minimum Gasteiger partial charge on any atom is -0.495 e. The number of anilines is 2. The largest absolute Gasteiger partial charge is 0.495 e. The van der Waals surface area contributed by atoms with Crippen molar-refractivity contribution in [2.75, 3.05) is 23.3 Å². The average molecular weight is 495 g/mol. The number of sulfonamides is 1. The van der Waals surface area contributed by atoms with Crippen LogP contribution in [-0.2, 0) is 14.8 Å². The Morgan fingerprint density at radius 1 is 0.971 bits per heavy atom. The predicted molar refractivity (Wildman–Crippen MR) is 133 cm³/mol. The Balaban J connectivity index is 1.61. The molecule has 10 heteroatoms. The van der Waals surface area contributed by atoms with E-state index in [1.54, 1.807) is 42.5 Å². The van der Waals surface area contributed by atoms with Crippen LogP contribution in [0, 0.1) is 6.92 Å². The van der Waals surface area contributed by atoms with Crippen LogP contribution >= 0.6 is 11.3 Å². The molecule has 0 atom stereocenters. The van der Waals surface area contributed by atoms with Crippen molar-refractivity contribution in [2.24, 2.45) is 0 Å². The normalized spacial score (nSPS) is 11.1. The number of aromatic nitrogens is 2. The maximum Gasteiger partial charge on any atom is 0.264 e. The van der Waals surface area contributed by atoms with Crippen molar-refractivity contribution >= 4 is 38.1 Å². The third kappa shape index (κ3) is 5.08. The summed E-state index contributed by atoms with van der Waals surface area (Å²) in [6, 6.07) is 22.4. The molecule has 4 rings (SSSR count). The van der Waals surface area contributed by atoms with Gasteiger partial charge in [0.25, 0.3) is 10.0 Å². The highest BCUT2D eigenvalue weighted by Gasteiger charge is 2.29. The van der Waals surface area contributed by atoms with Gasteiger partial charge in [-0.3, -0.25) is 14.4 Å². The van der Waals surface area contributed by atoms with Gasteiger partial charge in [0, 0.05) is 5.56 Å². The van der Waals surface area contributed by atoms with E-state index in [0.29, 0.717) is 10.8 Å². The molecule has 3 aromatic carbocycles. The topological polar surface area (TPSA) is 101 Å². The smallest absolute Gasteiger partial charge is 0.264 e. The fraction of sp³-hybridized carbons (Fsp3) is 0.125. The van der Waals surface area contributed by atoms with E-state index in [-0.39, 0.29) is 15.7 Å². The van der Waals surface area contributed by atoms with Crippen molar-refractivity contribution in [1.29, 1.82) is 0 Å². The Kier molecular flexibility index (Phi) is 6.90. The maximum absolute atomic E-state index is 13.5. The molecule has 0 aliphatic carbocycles. The lowest BCUT2D eigenvalue weighted by atomic mass is 10.2. The van der Waals surface area contributed by atoms with Gasteiger partial charge in [0.1, 0.15) is 17.3 Å². The molecule has 174 valence electrons. The second kappa shape index (κ2) is 10.0. The summed E-state index contributed by atoms with van der Waals surface area (Å²) in [7, 11) is -2.61. The van der Waals surface area contributed by atoms with Crippen LogP contribution in [0.4, 0.5) is 10.8 Å². The fourth-order valence-electron chi connectivity index (χ4n) is 3.23. The second-order valence-corrected chi connectivity index (χ2v) is 10.2. The van der Waals surface area contributed by atoms with E-state index >= 15 is 0 Å². The summed E-state index contributed by atoms with van der Waals surface area (Å²) in [4.78, 5) is 13.0. The minimum atomic E-state index is -4.06. The summed E-state index contributed by atoms with van der Waals surface area (Å²) in [5, 5.41) is 11.8. The molecule has 0 saturated heterocycles. The Hall–Kier alpha value is -3.76. The molecular weight excluding hydrogens is 472 g/mol. The average Bonchev–Trinajstić information content (AvgIpc) is 3.31. The quantitative estimate of drug-likeness (QED) is 0.391. The highest BCUT2D eigenvalue weighted by atomic mass is 32.2. The summed E-state index contributed by atoms with van der Waals surface area (Å²) >= 11 is 1.21. The van der Waals surface area contributed by atoms with Crippen molar-refractivity contribution in [1.82, 2.24) is 10.2 Å². The molecule has 34 heavy (non-hydrogen) atoms. The van der Waals surface area contributed by atoms with Gasteiger partial charge in [-0.2, -0.15) is 0 Å². The van der Waals surface area contributed by atoms with Gasteiger partial charge in [0.2, 0.25) is 11.0 Å². The second-order valence-electron chi connectivity index (χ2n) is 7.32. The number of carbonyl (C=O) groups excluding carboxylic acids is 1. The molecule has 4 aromatic rings. The molecule has 1 amide bonds. The van der Waals surface area contributed by atoms with Crippen molar-refractivity contribution in [3.63, 3.8) is 0 Å². The van der Waals surface area contributed by atoms with Gasteiger partial charge in [-0.05, 0) is 31.2 Å². The zero-order valence-electron chi connectivity index (χ0n) is 18.5. The summed E-state index contributed by atoms with van der Waals surface area (Å²) in [5.41, 5.74) is 2.25. The van der Waals surface area contributed by atoms with Crippen molar-refractivity contribution < 1.29 is 17.9 Å². The number of ether oxygens (including phenoxy) is 1. The Bertz CT molecular complexity index is 1390. The zero-order valence-corrected chi connectivity index (χ0v) is 20.1. The number of rotatable bonds is 8. The molecule has 0 aliphatic rings. The van der Waals surface area contributed by atoms with Gasteiger partial charge in [-0.1, -0.05) is 71.5 Å². The number of benzene rings is 3. The van der Waals surface area contributed by atoms with Crippen LogP contribution in [0.5, 0.6) is 5.75 Å². The summed E-state index contributed by atoms with van der Waals surface area (Å²) in [6.07, 6.45) is 0. The number of amides is 1. The first-order valence-electron chi connectivity index (χ1n) is 10.3. The number of nitrogens with one attached hydrogen (secondary N) is 1. The summed E-state index contributed by atoms with van der Waals surface area (Å²) in [5.74, 6) is -0.232. The van der Waals surface area contributed by atoms with Crippen LogP contribution in [0.3, 0.4) is 0 Å². The van der Waals surface area contributed by atoms with Gasteiger partial charge in [0.15, 0.2) is 0 Å². The molecule has 1 N–H and O–H groups in total. The van der Waals surface area contributed by atoms with Gasteiger partial charge in [-0.25, -0.2) is 8.42 Å². The maximum atomic E-state index is 13.5. The summed E-state index contributed by atoms with van der Waals surface area (Å²) < 4.78 is 33.3. The molecule has 0 radical (unpaired) electrons. The van der Waals surface area contributed by atoms with Gasteiger partial charge >= 0.3 is 0 Å². The molecule has 8 nitrogen and oxygen atoms in total. The summed E-state index contributed by atoms with van der Waals surface area (Å²) in [6.45, 7) is 1.52. The first-order valence-corrected chi connectivity index (χ1v) is 12.6. The Labute approximate surface area is 201 Å². The van der Waals surface area contributed by atoms with Gasteiger partial charge in [-0.15, -0.1) is 10.2 Å². The lowest BCUT2D eigenvalue weighted by molar-refractivity contribution is -0.114. The molecule has 0 saturated carbocycles. The number of carbonyl (C=O) groups is 1. The molecule has 1 aromatic heterocycles. The highest BCUT2D eigenvalue weighted by Crippen LogP contribution is 2.32. The molecule has 1 heterocycles. The van der Waals surface area contributed by atoms with Crippen molar-refractivity contribution in [2.45, 2.75) is 11.8 Å². The highest BCUT2D eigenvalue weighted by molar-refractivity contribution is 7.92. The number of hydrogen-bond donors (Lipinski definition) is 1. The SMILES string of the molecule is COc1ccccc1N(CC(=O)Nc1nnc(-c2ccc(C)cc2)s1)S(=O)(=O)c1ccccc1. The monoisotopic (exact) mass is 494 g/mol. The van der Waals surface area contributed by atoms with Crippen molar-refractivity contribution in [3.05, 3.63) is 84.4 Å². The number of methoxy groups -OCH3 is 1. The lowest BCUT2D eigenvalue weighted by Gasteiger charge is -2.25. The zero-order chi connectivity index (χ0) is 24.1. The fourth-order valence-corrected chi connectivity index (χ4v) is 5.45. The minimum absolute atomic E-state index is 0.0614. The van der Waals surface area contributed by atoms with Crippen LogP contribution < -0.4 is 14.4 Å². The van der Waals surface area contributed by atoms with Crippen LogP contribution in [0.25, 0.3) is 10.6 Å². The standard InChI is InChI=1S/C24H22N4O4S2/c1-17-12-14-18(15-13-17)23-26-27-24(33-23)25-22(29)16-28(20-10-6-7-11-21(20)32-2)34(30,31)19-8-4-3-5-9-19/h3-15H,16H2,1-2H3,(H,25,27,29). The molecule has 0 aliphatic heterocycles. The molecule has 0 unspecified atom stereocenters. The third-order valence-electron chi connectivity index (χ3n) is 4.94. The van der Waals surface area contributed by atoms with Crippen LogP contribution in [0.2, 0.25) is 0 Å².